The second-order valence-electron chi connectivity index (χ2n) is 28.3. The highest BCUT2D eigenvalue weighted by Crippen LogP contribution is 2.16. The maximum Gasteiger partial charge on any atom is 0.221 e. The van der Waals surface area contributed by atoms with Gasteiger partial charge in [0.1, 0.15) is 0 Å². The molecule has 0 aliphatic carbocycles. The van der Waals surface area contributed by atoms with E-state index in [9.17, 15) is 19.2 Å². The maximum absolute atomic E-state index is 13.4. The SMILES string of the molecule is CCCCCCCCCCCCCCN(CCC(=O)NCCCCCCCCCCCC)CCN(CCNCCN(CCC(=O)NCCCCCCCCCCCC)CCC(=O)NCCCCCCCCCCCC)CCC(=O)NCCCCCCCCCCCC. The van der Waals surface area contributed by atoms with Gasteiger partial charge >= 0.3 is 0 Å². The lowest BCUT2D eigenvalue weighted by molar-refractivity contribution is -0.122. The van der Waals surface area contributed by atoms with Gasteiger partial charge < -0.3 is 41.3 Å². The van der Waals surface area contributed by atoms with Crippen molar-refractivity contribution in [2.75, 3.05) is 98.2 Å². The van der Waals surface area contributed by atoms with E-state index in [4.69, 9.17) is 0 Å². The molecule has 0 aromatic heterocycles. The van der Waals surface area contributed by atoms with Crippen LogP contribution in [0.25, 0.3) is 0 Å². The Kier molecular flexibility index (Phi) is 74.2. The molecular weight excluding hydrogens is 1140 g/mol. The summed E-state index contributed by atoms with van der Waals surface area (Å²) in [6.45, 7) is 23.0. The molecule has 0 unspecified atom stereocenters. The van der Waals surface area contributed by atoms with Gasteiger partial charge in [-0.05, 0) is 38.6 Å². The number of hydrogen-bond acceptors (Lipinski definition) is 8. The molecule has 5 N–H and O–H groups in total. The van der Waals surface area contributed by atoms with Crippen LogP contribution in [0, 0.1) is 0 Å². The van der Waals surface area contributed by atoms with Crippen LogP contribution in [-0.2, 0) is 19.2 Å². The van der Waals surface area contributed by atoms with Gasteiger partial charge in [0.15, 0.2) is 0 Å². The summed E-state index contributed by atoms with van der Waals surface area (Å²) in [6, 6.07) is 0. The summed E-state index contributed by atoms with van der Waals surface area (Å²) in [5.74, 6) is 0.516. The molecule has 546 valence electrons. The first-order valence-electron chi connectivity index (χ1n) is 41.2. The van der Waals surface area contributed by atoms with Gasteiger partial charge in [0.05, 0.1) is 0 Å². The van der Waals surface area contributed by atoms with Crippen LogP contribution in [-0.4, -0.2) is 136 Å². The largest absolute Gasteiger partial charge is 0.356 e. The van der Waals surface area contributed by atoms with Gasteiger partial charge in [-0.25, -0.2) is 0 Å². The fourth-order valence-electron chi connectivity index (χ4n) is 12.8. The predicted octanol–water partition coefficient (Wildman–Crippen LogP) is 19.9. The third kappa shape index (κ3) is 70.5. The lowest BCUT2D eigenvalue weighted by Gasteiger charge is -2.28. The molecule has 0 aliphatic rings. The van der Waals surface area contributed by atoms with Crippen LogP contribution < -0.4 is 26.6 Å². The molecule has 92 heavy (non-hydrogen) atoms. The zero-order chi connectivity index (χ0) is 66.8. The van der Waals surface area contributed by atoms with Crippen molar-refractivity contribution in [3.63, 3.8) is 0 Å². The molecule has 0 radical (unpaired) electrons. The zero-order valence-corrected chi connectivity index (χ0v) is 62.7. The van der Waals surface area contributed by atoms with Gasteiger partial charge in [-0.15, -0.1) is 0 Å². The number of carbonyl (C=O) groups excluding carboxylic acids is 4. The van der Waals surface area contributed by atoms with E-state index >= 15 is 0 Å². The van der Waals surface area contributed by atoms with E-state index in [0.29, 0.717) is 45.3 Å². The van der Waals surface area contributed by atoms with Crippen molar-refractivity contribution in [2.45, 2.75) is 394 Å². The number of amides is 4. The Morgan fingerprint density at radius 1 is 0.185 bits per heavy atom. The van der Waals surface area contributed by atoms with Gasteiger partial charge in [-0.2, -0.15) is 0 Å². The van der Waals surface area contributed by atoms with Crippen LogP contribution in [0.15, 0.2) is 0 Å². The molecule has 0 aromatic rings. The summed E-state index contributed by atoms with van der Waals surface area (Å²) in [4.78, 5) is 60.3. The second-order valence-corrected chi connectivity index (χ2v) is 28.3. The van der Waals surface area contributed by atoms with Crippen molar-refractivity contribution >= 4 is 23.6 Å². The monoisotopic (exact) mass is 1300 g/mol. The Morgan fingerprint density at radius 3 is 0.576 bits per heavy atom. The molecule has 12 heteroatoms. The summed E-state index contributed by atoms with van der Waals surface area (Å²) in [7, 11) is 0. The highest BCUT2D eigenvalue weighted by atomic mass is 16.2. The summed E-state index contributed by atoms with van der Waals surface area (Å²) in [5, 5.41) is 16.7. The molecule has 0 spiro atoms. The first-order valence-corrected chi connectivity index (χ1v) is 41.2. The molecule has 0 bridgehead atoms. The minimum atomic E-state index is 0.102. The van der Waals surface area contributed by atoms with E-state index in [1.807, 2.05) is 0 Å². The number of nitrogens with zero attached hydrogens (tertiary/aromatic N) is 3. The van der Waals surface area contributed by atoms with E-state index in [1.54, 1.807) is 0 Å². The van der Waals surface area contributed by atoms with Crippen LogP contribution in [0.3, 0.4) is 0 Å². The van der Waals surface area contributed by atoms with Crippen LogP contribution >= 0.6 is 0 Å². The molecule has 0 heterocycles. The Hall–Kier alpha value is -2.28. The molecule has 4 amide bonds. The summed E-state index contributed by atoms with van der Waals surface area (Å²) >= 11 is 0. The minimum Gasteiger partial charge on any atom is -0.356 e. The molecule has 12 nitrogen and oxygen atoms in total. The summed E-state index contributed by atoms with van der Waals surface area (Å²) in [5.41, 5.74) is 0. The Bertz CT molecular complexity index is 1480. The fraction of sp³-hybridized carbons (Fsp3) is 0.950. The van der Waals surface area contributed by atoms with Crippen molar-refractivity contribution in [3.8, 4) is 0 Å². The van der Waals surface area contributed by atoms with E-state index < -0.39 is 0 Å². The molecule has 0 rings (SSSR count). The van der Waals surface area contributed by atoms with E-state index in [1.165, 1.54) is 302 Å². The minimum absolute atomic E-state index is 0.102. The van der Waals surface area contributed by atoms with Crippen molar-refractivity contribution in [2.24, 2.45) is 0 Å². The van der Waals surface area contributed by atoms with E-state index in [2.05, 4.69) is 75.9 Å². The number of rotatable bonds is 78. The van der Waals surface area contributed by atoms with E-state index in [-0.39, 0.29) is 23.6 Å². The average molecular weight is 1300 g/mol. The fourth-order valence-corrected chi connectivity index (χ4v) is 12.8. The van der Waals surface area contributed by atoms with Crippen molar-refractivity contribution < 1.29 is 19.2 Å². The van der Waals surface area contributed by atoms with Crippen LogP contribution in [0.5, 0.6) is 0 Å². The van der Waals surface area contributed by atoms with Crippen LogP contribution in [0.1, 0.15) is 394 Å². The van der Waals surface area contributed by atoms with Gasteiger partial charge in [-0.1, -0.05) is 336 Å². The van der Waals surface area contributed by atoms with Crippen molar-refractivity contribution in [3.05, 3.63) is 0 Å². The Balaban J connectivity index is 5.73. The first kappa shape index (κ1) is 89.7. The topological polar surface area (TPSA) is 138 Å². The number of carbonyl (C=O) groups is 4. The highest BCUT2D eigenvalue weighted by molar-refractivity contribution is 5.77. The molecule has 0 aromatic carbocycles. The maximum atomic E-state index is 13.4. The van der Waals surface area contributed by atoms with Gasteiger partial charge in [-0.3, -0.25) is 19.2 Å². The van der Waals surface area contributed by atoms with E-state index in [0.717, 1.165) is 111 Å². The number of nitrogens with one attached hydrogen (secondary N) is 5. The molecule has 0 fully saturated rings. The predicted molar refractivity (Wildman–Crippen MR) is 401 cm³/mol. The van der Waals surface area contributed by atoms with Crippen LogP contribution in [0.4, 0.5) is 0 Å². The van der Waals surface area contributed by atoms with Gasteiger partial charge in [0, 0.05) is 117 Å². The quantitative estimate of drug-likeness (QED) is 0.0380. The summed E-state index contributed by atoms with van der Waals surface area (Å²) < 4.78 is 0. The van der Waals surface area contributed by atoms with Crippen LogP contribution in [0.2, 0.25) is 0 Å². The van der Waals surface area contributed by atoms with Gasteiger partial charge in [0.2, 0.25) is 23.6 Å². The second kappa shape index (κ2) is 76.1. The molecule has 0 atom stereocenters. The lowest BCUT2D eigenvalue weighted by atomic mass is 10.1. The normalized spacial score (nSPS) is 11.7. The molecule has 0 aliphatic heterocycles. The lowest BCUT2D eigenvalue weighted by Crippen LogP contribution is -2.43. The van der Waals surface area contributed by atoms with Gasteiger partial charge in [0.25, 0.3) is 0 Å². The smallest absolute Gasteiger partial charge is 0.221 e. The Labute approximate surface area is 573 Å². The average Bonchev–Trinajstić information content (AvgIpc) is 3.75. The standard InChI is InChI=1S/C80H162N8O4/c1-6-11-16-21-26-31-36-37-42-47-52-57-68-86(69-58-77(89)82-62-53-48-43-38-32-27-22-17-12-7-2)75-76-88(72-61-80(92)85-65-56-51-46-41-35-30-25-20-15-10-5)74-67-81-66-73-87(70-59-78(90)83-63-54-49-44-39-33-28-23-18-13-8-3)71-60-79(91)84-64-55-50-45-40-34-29-24-19-14-9-4/h81H,6-76H2,1-5H3,(H,82,89)(H,83,90)(H,84,91)(H,85,92). The molecular formula is C80H162N8O4. The summed E-state index contributed by atoms with van der Waals surface area (Å²) in [6.07, 6.45) is 69.2. The third-order valence-corrected chi connectivity index (χ3v) is 19.3. The third-order valence-electron chi connectivity index (χ3n) is 19.3. The molecule has 0 saturated heterocycles. The first-order chi connectivity index (χ1) is 45.3. The van der Waals surface area contributed by atoms with Crippen molar-refractivity contribution in [1.29, 1.82) is 0 Å². The zero-order valence-electron chi connectivity index (χ0n) is 62.7. The Morgan fingerprint density at radius 2 is 0.359 bits per heavy atom. The molecule has 0 saturated carbocycles. The number of unbranched alkanes of at least 4 members (excludes halogenated alkanes) is 47. The number of hydrogen-bond donors (Lipinski definition) is 5. The highest BCUT2D eigenvalue weighted by Gasteiger charge is 2.15. The van der Waals surface area contributed by atoms with Crippen molar-refractivity contribution in [1.82, 2.24) is 41.3 Å².